The van der Waals surface area contributed by atoms with Crippen LogP contribution >= 0.6 is 0 Å². The molecule has 0 aliphatic heterocycles. The van der Waals surface area contributed by atoms with E-state index in [0.29, 0.717) is 17.7 Å². The van der Waals surface area contributed by atoms with Crippen molar-refractivity contribution in [2.75, 3.05) is 20.6 Å². The Morgan fingerprint density at radius 3 is 2.48 bits per heavy atom. The molecule has 0 fully saturated rings. The lowest BCUT2D eigenvalue weighted by molar-refractivity contribution is -0.385. The van der Waals surface area contributed by atoms with Gasteiger partial charge in [-0.1, -0.05) is 36.4 Å². The number of nitrogens with one attached hydrogen (secondary N) is 1. The number of carbonyl (C=O) groups is 1. The van der Waals surface area contributed by atoms with Crippen LogP contribution in [0.15, 0.2) is 48.5 Å². The third kappa shape index (κ3) is 5.12. The molecule has 1 atom stereocenters. The molecule has 0 heterocycles. The number of likely N-dealkylation sites (N-methyl/N-ethyl adjacent to an activating group) is 1. The zero-order chi connectivity index (χ0) is 18.4. The van der Waals surface area contributed by atoms with Gasteiger partial charge in [0.25, 0.3) is 11.6 Å². The number of amides is 1. The molecule has 2 aromatic rings. The van der Waals surface area contributed by atoms with Gasteiger partial charge in [0, 0.05) is 29.8 Å². The molecule has 2 aromatic carbocycles. The van der Waals surface area contributed by atoms with E-state index in [1.54, 1.807) is 19.1 Å². The molecule has 1 unspecified atom stereocenters. The van der Waals surface area contributed by atoms with Crippen LogP contribution < -0.4 is 5.32 Å². The van der Waals surface area contributed by atoms with Gasteiger partial charge in [0.2, 0.25) is 0 Å². The molecule has 1 N–H and O–H groups in total. The highest BCUT2D eigenvalue weighted by Crippen LogP contribution is 2.19. The average molecular weight is 341 g/mol. The van der Waals surface area contributed by atoms with Crippen LogP contribution in [0.2, 0.25) is 0 Å². The number of benzene rings is 2. The van der Waals surface area contributed by atoms with E-state index in [1.165, 1.54) is 11.6 Å². The lowest BCUT2D eigenvalue weighted by Gasteiger charge is -2.24. The van der Waals surface area contributed by atoms with Gasteiger partial charge in [-0.25, -0.2) is 0 Å². The fourth-order valence-electron chi connectivity index (χ4n) is 2.58. The first-order valence-corrected chi connectivity index (χ1v) is 8.12. The first-order valence-electron chi connectivity index (χ1n) is 8.12. The number of rotatable bonds is 7. The van der Waals surface area contributed by atoms with Crippen LogP contribution in [0.4, 0.5) is 5.69 Å². The highest BCUT2D eigenvalue weighted by molar-refractivity contribution is 5.95. The number of hydrogen-bond donors (Lipinski definition) is 1. The minimum atomic E-state index is -0.468. The summed E-state index contributed by atoms with van der Waals surface area (Å²) in [6.07, 6.45) is 0.808. The number of nitro groups is 1. The maximum atomic E-state index is 12.4. The first-order chi connectivity index (χ1) is 11.9. The monoisotopic (exact) mass is 341 g/mol. The average Bonchev–Trinajstić information content (AvgIpc) is 2.59. The normalized spacial score (nSPS) is 12.0. The predicted octanol–water partition coefficient (Wildman–Crippen LogP) is 2.81. The standard InChI is InChI=1S/C19H23N3O3/c1-14-9-10-16(12-18(14)22(24)25)19(23)20-13-17(21(2)3)11-15-7-5-4-6-8-15/h4-10,12,17H,11,13H2,1-3H3,(H,20,23). The number of nitro benzene ring substituents is 1. The first kappa shape index (κ1) is 18.6. The highest BCUT2D eigenvalue weighted by Gasteiger charge is 2.17. The van der Waals surface area contributed by atoms with Crippen molar-refractivity contribution in [1.82, 2.24) is 10.2 Å². The molecule has 6 nitrogen and oxygen atoms in total. The lowest BCUT2D eigenvalue weighted by atomic mass is 10.0. The minimum absolute atomic E-state index is 0.0407. The molecular formula is C19H23N3O3. The van der Waals surface area contributed by atoms with Crippen LogP contribution in [0.1, 0.15) is 21.5 Å². The summed E-state index contributed by atoms with van der Waals surface area (Å²) in [6, 6.07) is 14.7. The molecule has 0 aliphatic carbocycles. The Balaban J connectivity index is 2.04. The number of nitrogens with zero attached hydrogens (tertiary/aromatic N) is 2. The zero-order valence-corrected chi connectivity index (χ0v) is 14.7. The molecular weight excluding hydrogens is 318 g/mol. The van der Waals surface area contributed by atoms with Crippen LogP contribution in [-0.4, -0.2) is 42.4 Å². The summed E-state index contributed by atoms with van der Waals surface area (Å²) in [5, 5.41) is 13.9. The van der Waals surface area contributed by atoms with Gasteiger partial charge >= 0.3 is 0 Å². The molecule has 0 bridgehead atoms. The molecule has 25 heavy (non-hydrogen) atoms. The summed E-state index contributed by atoms with van der Waals surface area (Å²) in [6.45, 7) is 2.12. The molecule has 0 saturated carbocycles. The van der Waals surface area contributed by atoms with Crippen molar-refractivity contribution in [3.8, 4) is 0 Å². The molecule has 0 saturated heterocycles. The Kier molecular flexibility index (Phi) is 6.25. The van der Waals surface area contributed by atoms with E-state index in [-0.39, 0.29) is 17.6 Å². The third-order valence-corrected chi connectivity index (χ3v) is 4.21. The van der Waals surface area contributed by atoms with Crippen LogP contribution in [0, 0.1) is 17.0 Å². The van der Waals surface area contributed by atoms with Gasteiger partial charge in [-0.15, -0.1) is 0 Å². The summed E-state index contributed by atoms with van der Waals surface area (Å²) < 4.78 is 0. The van der Waals surface area contributed by atoms with Crippen molar-refractivity contribution in [1.29, 1.82) is 0 Å². The van der Waals surface area contributed by atoms with Crippen LogP contribution in [0.5, 0.6) is 0 Å². The van der Waals surface area contributed by atoms with Crippen molar-refractivity contribution in [2.24, 2.45) is 0 Å². The van der Waals surface area contributed by atoms with Gasteiger partial charge in [-0.3, -0.25) is 14.9 Å². The zero-order valence-electron chi connectivity index (χ0n) is 14.7. The van der Waals surface area contributed by atoms with Gasteiger partial charge in [0.05, 0.1) is 4.92 Å². The summed E-state index contributed by atoms with van der Waals surface area (Å²) in [7, 11) is 3.94. The van der Waals surface area contributed by atoms with Crippen molar-refractivity contribution >= 4 is 11.6 Å². The Labute approximate surface area is 147 Å². The van der Waals surface area contributed by atoms with Gasteiger partial charge in [0.1, 0.15) is 0 Å². The third-order valence-electron chi connectivity index (χ3n) is 4.21. The fraction of sp³-hybridized carbons (Fsp3) is 0.316. The SMILES string of the molecule is Cc1ccc(C(=O)NCC(Cc2ccccc2)N(C)C)cc1[N+](=O)[O-]. The van der Waals surface area contributed by atoms with Crippen LogP contribution in [-0.2, 0) is 6.42 Å². The van der Waals surface area contributed by atoms with Gasteiger partial charge in [0.15, 0.2) is 0 Å². The summed E-state index contributed by atoms with van der Waals surface area (Å²) in [4.78, 5) is 25.0. The molecule has 0 aromatic heterocycles. The summed E-state index contributed by atoms with van der Waals surface area (Å²) in [5.41, 5.74) is 1.99. The number of aryl methyl sites for hydroxylation is 1. The maximum Gasteiger partial charge on any atom is 0.273 e. The Morgan fingerprint density at radius 1 is 1.20 bits per heavy atom. The van der Waals surface area contributed by atoms with E-state index < -0.39 is 4.92 Å². The number of carbonyl (C=O) groups excluding carboxylic acids is 1. The molecule has 0 aliphatic rings. The molecule has 1 amide bonds. The van der Waals surface area contributed by atoms with E-state index in [9.17, 15) is 14.9 Å². The van der Waals surface area contributed by atoms with E-state index in [2.05, 4.69) is 22.3 Å². The summed E-state index contributed by atoms with van der Waals surface area (Å²) >= 11 is 0. The van der Waals surface area contributed by atoms with Crippen LogP contribution in [0.25, 0.3) is 0 Å². The minimum Gasteiger partial charge on any atom is -0.350 e. The van der Waals surface area contributed by atoms with Gasteiger partial charge in [-0.2, -0.15) is 0 Å². The Morgan fingerprint density at radius 2 is 1.88 bits per heavy atom. The molecule has 132 valence electrons. The van der Waals surface area contributed by atoms with Gasteiger partial charge in [-0.05, 0) is 39.1 Å². The van der Waals surface area contributed by atoms with E-state index in [4.69, 9.17) is 0 Å². The largest absolute Gasteiger partial charge is 0.350 e. The Bertz CT molecular complexity index is 745. The smallest absolute Gasteiger partial charge is 0.273 e. The second-order valence-electron chi connectivity index (χ2n) is 6.28. The second-order valence-corrected chi connectivity index (χ2v) is 6.28. The molecule has 6 heteroatoms. The van der Waals surface area contributed by atoms with Crippen molar-refractivity contribution < 1.29 is 9.72 Å². The quantitative estimate of drug-likeness (QED) is 0.621. The maximum absolute atomic E-state index is 12.4. The van der Waals surface area contributed by atoms with E-state index >= 15 is 0 Å². The molecule has 0 radical (unpaired) electrons. The van der Waals surface area contributed by atoms with E-state index in [0.717, 1.165) is 6.42 Å². The van der Waals surface area contributed by atoms with Crippen molar-refractivity contribution in [2.45, 2.75) is 19.4 Å². The van der Waals surface area contributed by atoms with E-state index in [1.807, 2.05) is 32.3 Å². The fourth-order valence-corrected chi connectivity index (χ4v) is 2.58. The van der Waals surface area contributed by atoms with Crippen molar-refractivity contribution in [3.05, 3.63) is 75.3 Å². The topological polar surface area (TPSA) is 75.5 Å². The Hall–Kier alpha value is -2.73. The highest BCUT2D eigenvalue weighted by atomic mass is 16.6. The summed E-state index contributed by atoms with van der Waals surface area (Å²) in [5.74, 6) is -0.303. The molecule has 2 rings (SSSR count). The molecule has 0 spiro atoms. The van der Waals surface area contributed by atoms with Crippen LogP contribution in [0.3, 0.4) is 0 Å². The number of hydrogen-bond acceptors (Lipinski definition) is 4. The van der Waals surface area contributed by atoms with Crippen molar-refractivity contribution in [3.63, 3.8) is 0 Å². The predicted molar refractivity (Wildman–Crippen MR) is 97.8 cm³/mol. The second kappa shape index (κ2) is 8.39. The van der Waals surface area contributed by atoms with Gasteiger partial charge < -0.3 is 10.2 Å². The lowest BCUT2D eigenvalue weighted by Crippen LogP contribution is -2.41.